The van der Waals surface area contributed by atoms with Gasteiger partial charge in [-0.05, 0) is 18.2 Å². The smallest absolute Gasteiger partial charge is 0.254 e. The zero-order valence-corrected chi connectivity index (χ0v) is 8.97. The van der Waals surface area contributed by atoms with Crippen LogP contribution in [0.4, 0.5) is 0 Å². The van der Waals surface area contributed by atoms with Crippen LogP contribution in [0.15, 0.2) is 36.8 Å². The van der Waals surface area contributed by atoms with Crippen molar-refractivity contribution in [3.8, 4) is 6.07 Å². The fourth-order valence-electron chi connectivity index (χ4n) is 1.42. The maximum absolute atomic E-state index is 11.8. The number of rotatable bonds is 3. The summed E-state index contributed by atoms with van der Waals surface area (Å²) in [6.45, 7) is 0.394. The van der Waals surface area contributed by atoms with E-state index >= 15 is 0 Å². The van der Waals surface area contributed by atoms with Gasteiger partial charge < -0.3 is 10.3 Å². The minimum absolute atomic E-state index is 0.293. The van der Waals surface area contributed by atoms with Crippen LogP contribution in [0.25, 0.3) is 0 Å². The molecule has 0 fully saturated rings. The summed E-state index contributed by atoms with van der Waals surface area (Å²) >= 11 is 0. The van der Waals surface area contributed by atoms with E-state index in [1.54, 1.807) is 6.20 Å². The molecule has 5 nitrogen and oxygen atoms in total. The van der Waals surface area contributed by atoms with Crippen molar-refractivity contribution in [3.63, 3.8) is 0 Å². The Morgan fingerprint density at radius 3 is 3.12 bits per heavy atom. The summed E-state index contributed by atoms with van der Waals surface area (Å²) in [5, 5.41) is 11.6. The first-order valence-electron chi connectivity index (χ1n) is 5.06. The number of aromatic amines is 1. The molecule has 84 valence electrons. The van der Waals surface area contributed by atoms with Crippen molar-refractivity contribution in [2.45, 2.75) is 6.54 Å². The molecule has 2 aromatic heterocycles. The Balaban J connectivity index is 2.08. The minimum atomic E-state index is -0.302. The second kappa shape index (κ2) is 4.94. The molecular formula is C12H10N4O. The lowest BCUT2D eigenvalue weighted by molar-refractivity contribution is 0.0950. The van der Waals surface area contributed by atoms with Gasteiger partial charge in [0.05, 0.1) is 17.7 Å². The lowest BCUT2D eigenvalue weighted by Crippen LogP contribution is -2.24. The number of pyridine rings is 1. The number of nitriles is 1. The Labute approximate surface area is 98.1 Å². The average Bonchev–Trinajstić information content (AvgIpc) is 2.89. The van der Waals surface area contributed by atoms with Gasteiger partial charge in [-0.25, -0.2) is 0 Å². The van der Waals surface area contributed by atoms with E-state index in [4.69, 9.17) is 5.26 Å². The Morgan fingerprint density at radius 1 is 1.53 bits per heavy atom. The zero-order valence-electron chi connectivity index (χ0n) is 8.97. The number of hydrogen-bond donors (Lipinski definition) is 2. The fraction of sp³-hybridized carbons (Fsp3) is 0.0833. The maximum Gasteiger partial charge on any atom is 0.254 e. The molecule has 0 radical (unpaired) electrons. The maximum atomic E-state index is 11.8. The lowest BCUT2D eigenvalue weighted by atomic mass is 10.1. The first-order chi connectivity index (χ1) is 8.31. The van der Waals surface area contributed by atoms with E-state index in [2.05, 4.69) is 15.3 Å². The Morgan fingerprint density at radius 2 is 2.41 bits per heavy atom. The number of nitrogens with zero attached hydrogens (tertiary/aromatic N) is 2. The number of H-pyrrole nitrogens is 1. The molecule has 17 heavy (non-hydrogen) atoms. The average molecular weight is 226 g/mol. The molecule has 2 N–H and O–H groups in total. The second-order valence-electron chi connectivity index (χ2n) is 3.41. The highest BCUT2D eigenvalue weighted by molar-refractivity contribution is 5.96. The van der Waals surface area contributed by atoms with Gasteiger partial charge in [0.15, 0.2) is 0 Å². The molecule has 0 aromatic carbocycles. The third-order valence-corrected chi connectivity index (χ3v) is 2.29. The summed E-state index contributed by atoms with van der Waals surface area (Å²) in [5.74, 6) is -0.302. The van der Waals surface area contributed by atoms with Gasteiger partial charge in [-0.2, -0.15) is 5.26 Å². The van der Waals surface area contributed by atoms with Crippen LogP contribution in [0.1, 0.15) is 21.6 Å². The molecule has 0 bridgehead atoms. The molecule has 0 spiro atoms. The zero-order chi connectivity index (χ0) is 12.1. The molecule has 0 unspecified atom stereocenters. The Hall–Kier alpha value is -2.61. The van der Waals surface area contributed by atoms with Crippen LogP contribution < -0.4 is 5.32 Å². The van der Waals surface area contributed by atoms with Crippen molar-refractivity contribution in [3.05, 3.63) is 53.6 Å². The van der Waals surface area contributed by atoms with E-state index in [1.807, 2.05) is 18.2 Å². The summed E-state index contributed by atoms with van der Waals surface area (Å²) in [6, 6.07) is 7.20. The highest BCUT2D eigenvalue weighted by Crippen LogP contribution is 2.05. The SMILES string of the molecule is N#Cc1ccncc1C(=O)NCc1ccc[nH]1. The predicted molar refractivity (Wildman–Crippen MR) is 60.9 cm³/mol. The molecule has 2 heterocycles. The fourth-order valence-corrected chi connectivity index (χ4v) is 1.42. The van der Waals surface area contributed by atoms with E-state index < -0.39 is 0 Å². The number of aromatic nitrogens is 2. The molecule has 2 rings (SSSR count). The van der Waals surface area contributed by atoms with Crippen LogP contribution in [0.5, 0.6) is 0 Å². The summed E-state index contributed by atoms with van der Waals surface area (Å²) < 4.78 is 0. The van der Waals surface area contributed by atoms with Gasteiger partial charge in [-0.15, -0.1) is 0 Å². The molecule has 0 saturated heterocycles. The molecule has 0 aliphatic carbocycles. The van der Waals surface area contributed by atoms with E-state index in [9.17, 15) is 4.79 Å². The minimum Gasteiger partial charge on any atom is -0.364 e. The summed E-state index contributed by atoms with van der Waals surface area (Å²) in [5.41, 5.74) is 1.52. The molecular weight excluding hydrogens is 216 g/mol. The van der Waals surface area contributed by atoms with Crippen LogP contribution in [0.3, 0.4) is 0 Å². The second-order valence-corrected chi connectivity index (χ2v) is 3.41. The highest BCUT2D eigenvalue weighted by Gasteiger charge is 2.10. The van der Waals surface area contributed by atoms with Crippen molar-refractivity contribution in [2.24, 2.45) is 0 Å². The van der Waals surface area contributed by atoms with Crippen LogP contribution in [0, 0.1) is 11.3 Å². The van der Waals surface area contributed by atoms with Crippen LogP contribution in [-0.4, -0.2) is 15.9 Å². The number of carbonyl (C=O) groups is 1. The van der Waals surface area contributed by atoms with E-state index in [1.165, 1.54) is 18.5 Å². The Kier molecular flexibility index (Phi) is 3.17. The lowest BCUT2D eigenvalue weighted by Gasteiger charge is -2.04. The van der Waals surface area contributed by atoms with Crippen LogP contribution >= 0.6 is 0 Å². The summed E-state index contributed by atoms with van der Waals surface area (Å²) in [4.78, 5) is 18.6. The van der Waals surface area contributed by atoms with Gasteiger partial charge in [0.25, 0.3) is 5.91 Å². The molecule has 2 aromatic rings. The van der Waals surface area contributed by atoms with Gasteiger partial charge in [0, 0.05) is 24.3 Å². The van der Waals surface area contributed by atoms with Gasteiger partial charge >= 0.3 is 0 Å². The first kappa shape index (κ1) is 10.9. The largest absolute Gasteiger partial charge is 0.364 e. The Bertz CT molecular complexity index is 554. The van der Waals surface area contributed by atoms with Crippen LogP contribution in [0.2, 0.25) is 0 Å². The van der Waals surface area contributed by atoms with Crippen molar-refractivity contribution in [2.75, 3.05) is 0 Å². The molecule has 1 amide bonds. The van der Waals surface area contributed by atoms with Gasteiger partial charge in [0.1, 0.15) is 6.07 Å². The molecule has 0 atom stereocenters. The van der Waals surface area contributed by atoms with E-state index in [0.29, 0.717) is 17.7 Å². The van der Waals surface area contributed by atoms with E-state index in [0.717, 1.165) is 5.69 Å². The summed E-state index contributed by atoms with van der Waals surface area (Å²) in [7, 11) is 0. The predicted octanol–water partition coefficient (Wildman–Crippen LogP) is 1.21. The van der Waals surface area contributed by atoms with Crippen molar-refractivity contribution < 1.29 is 4.79 Å². The molecule has 0 aliphatic heterocycles. The molecule has 5 heteroatoms. The number of carbonyl (C=O) groups excluding carboxylic acids is 1. The van der Waals surface area contributed by atoms with E-state index in [-0.39, 0.29) is 5.91 Å². The van der Waals surface area contributed by atoms with Gasteiger partial charge in [0.2, 0.25) is 0 Å². The summed E-state index contributed by atoms with van der Waals surface area (Å²) in [6.07, 6.45) is 4.66. The van der Waals surface area contributed by atoms with Crippen molar-refractivity contribution >= 4 is 5.91 Å². The normalized spacial score (nSPS) is 9.59. The first-order valence-corrected chi connectivity index (χ1v) is 5.06. The molecule has 0 aliphatic rings. The van der Waals surface area contributed by atoms with Crippen LogP contribution in [-0.2, 0) is 6.54 Å². The number of nitrogens with one attached hydrogen (secondary N) is 2. The van der Waals surface area contributed by atoms with Crippen molar-refractivity contribution in [1.29, 1.82) is 5.26 Å². The quantitative estimate of drug-likeness (QED) is 0.825. The van der Waals surface area contributed by atoms with Gasteiger partial charge in [-0.3, -0.25) is 9.78 Å². The van der Waals surface area contributed by atoms with Crippen molar-refractivity contribution in [1.82, 2.24) is 15.3 Å². The molecule has 0 saturated carbocycles. The number of hydrogen-bond acceptors (Lipinski definition) is 3. The highest BCUT2D eigenvalue weighted by atomic mass is 16.1. The standard InChI is InChI=1S/C12H10N4O/c13-6-9-3-5-14-8-11(9)12(17)16-7-10-2-1-4-15-10/h1-5,8,15H,7H2,(H,16,17). The van der Waals surface area contributed by atoms with Gasteiger partial charge in [-0.1, -0.05) is 0 Å². The topological polar surface area (TPSA) is 81.6 Å². The third-order valence-electron chi connectivity index (χ3n) is 2.29. The monoisotopic (exact) mass is 226 g/mol. The number of amides is 1. The third kappa shape index (κ3) is 2.49.